The first-order valence-electron chi connectivity index (χ1n) is 17.3. The molecule has 0 spiro atoms. The van der Waals surface area contributed by atoms with Crippen molar-refractivity contribution < 1.29 is 14.7 Å². The van der Waals surface area contributed by atoms with Crippen LogP contribution in [0.15, 0.2) is 121 Å². The molecule has 7 nitrogen and oxygen atoms in total. The number of nitrogens with one attached hydrogen (secondary N) is 2. The quantitative estimate of drug-likeness (QED) is 0.135. The standard InChI is InChI=1S/C41H50N4O3/c1-31(2)39(45-25-15-24-42-41(45)48)40(47)43-36(26-32-16-7-3-8-17-32)28-38(46)37(27-33-18-9-4-10-19-33)44(29-34-20-11-5-12-21-34)30-35-22-13-6-14-23-35/h3-14,16-23,31,36-39,46H,15,24-30H2,1-2H3,(H,42,48)(H,43,47)/t36-,37-,38-,39+/m0/s1. The lowest BCUT2D eigenvalue weighted by atomic mass is 9.91. The van der Waals surface area contributed by atoms with Gasteiger partial charge in [0, 0.05) is 38.3 Å². The van der Waals surface area contributed by atoms with Gasteiger partial charge in [-0.2, -0.15) is 0 Å². The SMILES string of the molecule is CC(C)[C@H](C(=O)N[C@@H](Cc1ccccc1)C[C@H](O)[C@H](Cc1ccccc1)N(Cc1ccccc1)Cc1ccccc1)N1CCCNC1=O. The summed E-state index contributed by atoms with van der Waals surface area (Å²) < 4.78 is 0. The lowest BCUT2D eigenvalue weighted by Gasteiger charge is -2.38. The Balaban J connectivity index is 1.45. The summed E-state index contributed by atoms with van der Waals surface area (Å²) in [7, 11) is 0. The van der Waals surface area contributed by atoms with Gasteiger partial charge in [0.15, 0.2) is 0 Å². The summed E-state index contributed by atoms with van der Waals surface area (Å²) in [5, 5.41) is 18.5. The predicted molar refractivity (Wildman–Crippen MR) is 192 cm³/mol. The van der Waals surface area contributed by atoms with E-state index in [1.807, 2.05) is 62.4 Å². The molecule has 0 unspecified atom stereocenters. The molecule has 7 heteroatoms. The zero-order valence-corrected chi connectivity index (χ0v) is 28.2. The zero-order chi connectivity index (χ0) is 33.7. The second-order valence-corrected chi connectivity index (χ2v) is 13.3. The monoisotopic (exact) mass is 646 g/mol. The number of benzene rings is 4. The van der Waals surface area contributed by atoms with Crippen LogP contribution in [0.2, 0.25) is 0 Å². The van der Waals surface area contributed by atoms with Gasteiger partial charge >= 0.3 is 6.03 Å². The van der Waals surface area contributed by atoms with Crippen molar-refractivity contribution in [2.45, 2.75) is 76.8 Å². The second kappa shape index (κ2) is 17.6. The van der Waals surface area contributed by atoms with Crippen LogP contribution in [0.1, 0.15) is 48.9 Å². The van der Waals surface area contributed by atoms with Gasteiger partial charge in [0.25, 0.3) is 0 Å². The minimum atomic E-state index is -0.762. The van der Waals surface area contributed by atoms with Gasteiger partial charge < -0.3 is 20.6 Å². The fraction of sp³-hybridized carbons (Fsp3) is 0.366. The second-order valence-electron chi connectivity index (χ2n) is 13.3. The van der Waals surface area contributed by atoms with Crippen LogP contribution in [0.3, 0.4) is 0 Å². The number of hydrogen-bond acceptors (Lipinski definition) is 4. The lowest BCUT2D eigenvalue weighted by molar-refractivity contribution is -0.128. The normalized spacial score (nSPS) is 15.9. The van der Waals surface area contributed by atoms with Crippen LogP contribution in [0.25, 0.3) is 0 Å². The first-order valence-corrected chi connectivity index (χ1v) is 17.3. The number of urea groups is 1. The maximum atomic E-state index is 14.1. The molecule has 4 aromatic carbocycles. The van der Waals surface area contributed by atoms with Gasteiger partial charge in [-0.3, -0.25) is 9.69 Å². The van der Waals surface area contributed by atoms with Crippen molar-refractivity contribution in [3.05, 3.63) is 144 Å². The molecule has 0 aromatic heterocycles. The van der Waals surface area contributed by atoms with Crippen molar-refractivity contribution >= 4 is 11.9 Å². The minimum Gasteiger partial charge on any atom is -0.391 e. The van der Waals surface area contributed by atoms with E-state index in [0.717, 1.165) is 17.5 Å². The summed E-state index contributed by atoms with van der Waals surface area (Å²) in [4.78, 5) is 30.9. The van der Waals surface area contributed by atoms with E-state index in [2.05, 4.69) is 88.3 Å². The van der Waals surface area contributed by atoms with Gasteiger partial charge in [-0.25, -0.2) is 4.79 Å². The summed E-state index contributed by atoms with van der Waals surface area (Å²) in [6.07, 6.45) is 1.61. The van der Waals surface area contributed by atoms with Crippen LogP contribution in [0.5, 0.6) is 0 Å². The molecule has 1 fully saturated rings. The Hall–Kier alpha value is -4.46. The van der Waals surface area contributed by atoms with Crippen molar-refractivity contribution in [2.75, 3.05) is 13.1 Å². The Morgan fingerprint density at radius 1 is 0.771 bits per heavy atom. The fourth-order valence-corrected chi connectivity index (χ4v) is 6.83. The third kappa shape index (κ3) is 10.0. The highest BCUT2D eigenvalue weighted by Gasteiger charge is 2.36. The predicted octanol–water partition coefficient (Wildman–Crippen LogP) is 6.22. The molecule has 1 saturated heterocycles. The molecule has 1 aliphatic rings. The van der Waals surface area contributed by atoms with Gasteiger partial charge in [0.1, 0.15) is 6.04 Å². The zero-order valence-electron chi connectivity index (χ0n) is 28.2. The molecule has 5 rings (SSSR count). The Morgan fingerprint density at radius 3 is 1.73 bits per heavy atom. The van der Waals surface area contributed by atoms with Crippen molar-refractivity contribution in [3.8, 4) is 0 Å². The van der Waals surface area contributed by atoms with Crippen LogP contribution in [-0.2, 0) is 30.7 Å². The summed E-state index contributed by atoms with van der Waals surface area (Å²) in [5.74, 6) is -0.255. The molecule has 0 bridgehead atoms. The number of aliphatic hydroxyl groups excluding tert-OH is 1. The smallest absolute Gasteiger partial charge is 0.318 e. The molecule has 0 aliphatic carbocycles. The number of rotatable bonds is 16. The maximum Gasteiger partial charge on any atom is 0.318 e. The average Bonchev–Trinajstić information content (AvgIpc) is 3.09. The highest BCUT2D eigenvalue weighted by atomic mass is 16.3. The van der Waals surface area contributed by atoms with E-state index in [-0.39, 0.29) is 29.9 Å². The van der Waals surface area contributed by atoms with E-state index in [0.29, 0.717) is 45.4 Å². The Morgan fingerprint density at radius 2 is 1.25 bits per heavy atom. The van der Waals surface area contributed by atoms with E-state index in [1.54, 1.807) is 4.90 Å². The van der Waals surface area contributed by atoms with Gasteiger partial charge in [-0.1, -0.05) is 135 Å². The van der Waals surface area contributed by atoms with Crippen LogP contribution in [-0.4, -0.2) is 64.2 Å². The van der Waals surface area contributed by atoms with Crippen molar-refractivity contribution in [1.29, 1.82) is 0 Å². The molecule has 48 heavy (non-hydrogen) atoms. The molecule has 0 saturated carbocycles. The molecule has 1 heterocycles. The van der Waals surface area contributed by atoms with Crippen molar-refractivity contribution in [3.63, 3.8) is 0 Å². The average molecular weight is 647 g/mol. The molecule has 4 aromatic rings. The van der Waals surface area contributed by atoms with Crippen LogP contribution < -0.4 is 10.6 Å². The summed E-state index contributed by atoms with van der Waals surface area (Å²) in [6, 6.07) is 39.8. The molecule has 3 amide bonds. The molecule has 1 aliphatic heterocycles. The first kappa shape index (κ1) is 34.9. The van der Waals surface area contributed by atoms with E-state index in [4.69, 9.17) is 0 Å². The number of amides is 3. The number of hydrogen-bond donors (Lipinski definition) is 3. The fourth-order valence-electron chi connectivity index (χ4n) is 6.83. The molecule has 252 valence electrons. The summed E-state index contributed by atoms with van der Waals surface area (Å²) in [6.45, 7) is 6.46. The number of carbonyl (C=O) groups excluding carboxylic acids is 2. The largest absolute Gasteiger partial charge is 0.391 e. The van der Waals surface area contributed by atoms with E-state index >= 15 is 0 Å². The molecule has 4 atom stereocenters. The summed E-state index contributed by atoms with van der Waals surface area (Å²) in [5.41, 5.74) is 4.57. The third-order valence-electron chi connectivity index (χ3n) is 9.20. The van der Waals surface area contributed by atoms with E-state index < -0.39 is 12.1 Å². The maximum absolute atomic E-state index is 14.1. The molecular formula is C41H50N4O3. The topological polar surface area (TPSA) is 84.9 Å². The minimum absolute atomic E-state index is 0.0748. The van der Waals surface area contributed by atoms with Gasteiger partial charge in [0.05, 0.1) is 6.10 Å². The van der Waals surface area contributed by atoms with Crippen LogP contribution >= 0.6 is 0 Å². The highest BCUT2D eigenvalue weighted by Crippen LogP contribution is 2.23. The molecule has 0 radical (unpaired) electrons. The Labute approximate surface area is 286 Å². The third-order valence-corrected chi connectivity index (χ3v) is 9.20. The Bertz CT molecular complexity index is 1490. The van der Waals surface area contributed by atoms with Gasteiger partial charge in [-0.05, 0) is 53.9 Å². The molecule has 3 N–H and O–H groups in total. The number of aliphatic hydroxyl groups is 1. The van der Waals surface area contributed by atoms with Crippen LogP contribution in [0.4, 0.5) is 4.79 Å². The van der Waals surface area contributed by atoms with E-state index in [9.17, 15) is 14.7 Å². The molecular weight excluding hydrogens is 596 g/mol. The number of carbonyl (C=O) groups is 2. The lowest BCUT2D eigenvalue weighted by Crippen LogP contribution is -2.59. The van der Waals surface area contributed by atoms with Gasteiger partial charge in [-0.15, -0.1) is 0 Å². The van der Waals surface area contributed by atoms with Crippen LogP contribution in [0, 0.1) is 5.92 Å². The van der Waals surface area contributed by atoms with Crippen molar-refractivity contribution in [2.24, 2.45) is 5.92 Å². The van der Waals surface area contributed by atoms with Crippen molar-refractivity contribution in [1.82, 2.24) is 20.4 Å². The summed E-state index contributed by atoms with van der Waals surface area (Å²) >= 11 is 0. The number of nitrogens with zero attached hydrogens (tertiary/aromatic N) is 2. The highest BCUT2D eigenvalue weighted by molar-refractivity contribution is 5.87. The van der Waals surface area contributed by atoms with Gasteiger partial charge in [0.2, 0.25) is 5.91 Å². The first-order chi connectivity index (χ1) is 23.4. The Kier molecular flexibility index (Phi) is 12.8. The van der Waals surface area contributed by atoms with E-state index in [1.165, 1.54) is 11.1 Å².